The minimum atomic E-state index is -1.15. The van der Waals surface area contributed by atoms with Crippen LogP contribution in [-0.2, 0) is 20.3 Å². The van der Waals surface area contributed by atoms with Gasteiger partial charge in [0.15, 0.2) is 5.79 Å². The van der Waals surface area contributed by atoms with Crippen LogP contribution in [0, 0.1) is 5.92 Å². The molecule has 1 unspecified atom stereocenters. The fourth-order valence-corrected chi connectivity index (χ4v) is 3.67. The van der Waals surface area contributed by atoms with Gasteiger partial charge in [0.2, 0.25) is 0 Å². The maximum Gasteiger partial charge on any atom is 0.170 e. The molecule has 1 fully saturated rings. The zero-order chi connectivity index (χ0) is 17.0. The molecule has 1 heterocycles. The highest BCUT2D eigenvalue weighted by atomic mass is 32.2. The van der Waals surface area contributed by atoms with Gasteiger partial charge >= 0.3 is 0 Å². The zero-order valence-electron chi connectivity index (χ0n) is 14.5. The second-order valence-electron chi connectivity index (χ2n) is 7.18. The highest BCUT2D eigenvalue weighted by Gasteiger charge is 2.40. The van der Waals surface area contributed by atoms with Crippen molar-refractivity contribution in [3.05, 3.63) is 0 Å². The van der Waals surface area contributed by atoms with Crippen LogP contribution in [0.3, 0.4) is 0 Å². The minimum Gasteiger partial charge on any atom is -0.393 e. The Hall–Kier alpha value is -0.0100. The summed E-state index contributed by atoms with van der Waals surface area (Å²) in [4.78, 5) is 0. The summed E-state index contributed by atoms with van der Waals surface area (Å²) in [5, 5.41) is 20.7. The molecule has 4 atom stereocenters. The van der Waals surface area contributed by atoms with Gasteiger partial charge in [-0.25, -0.2) is 0 Å². The maximum atomic E-state index is 12.1. The first-order chi connectivity index (χ1) is 10.1. The van der Waals surface area contributed by atoms with Crippen molar-refractivity contribution in [1.29, 1.82) is 0 Å². The third-order valence-electron chi connectivity index (χ3n) is 4.18. The second-order valence-corrected chi connectivity index (χ2v) is 9.43. The van der Waals surface area contributed by atoms with Crippen molar-refractivity contribution in [2.75, 3.05) is 19.0 Å². The van der Waals surface area contributed by atoms with E-state index in [0.717, 1.165) is 12.8 Å². The number of hydrogen-bond donors (Lipinski definition) is 2. The van der Waals surface area contributed by atoms with E-state index in [1.54, 1.807) is 6.92 Å². The molecule has 0 aromatic heterocycles. The zero-order valence-corrected chi connectivity index (χ0v) is 15.3. The quantitative estimate of drug-likeness (QED) is 0.707. The average Bonchev–Trinajstić information content (AvgIpc) is 2.85. The minimum absolute atomic E-state index is 0.171. The summed E-state index contributed by atoms with van der Waals surface area (Å²) in [7, 11) is -1.15. The molecule has 6 heteroatoms. The molecule has 0 aromatic rings. The largest absolute Gasteiger partial charge is 0.393 e. The van der Waals surface area contributed by atoms with Crippen LogP contribution in [0.25, 0.3) is 0 Å². The van der Waals surface area contributed by atoms with Gasteiger partial charge in [0.05, 0.1) is 31.2 Å². The molecule has 0 aromatic carbocycles. The van der Waals surface area contributed by atoms with E-state index in [-0.39, 0.29) is 16.4 Å². The fourth-order valence-electron chi connectivity index (χ4n) is 2.56. The molecule has 0 spiro atoms. The monoisotopic (exact) mass is 336 g/mol. The lowest BCUT2D eigenvalue weighted by molar-refractivity contribution is -0.188. The SMILES string of the molecule is CCCC1(C[C@H](O)[C@@H](C)[C@H](O)CS(=O)C(C)(C)C)OCCO1. The van der Waals surface area contributed by atoms with Crippen LogP contribution in [-0.4, -0.2) is 56.1 Å². The molecule has 0 aliphatic carbocycles. The Morgan fingerprint density at radius 3 is 2.18 bits per heavy atom. The average molecular weight is 336 g/mol. The first kappa shape index (κ1) is 20.0. The first-order valence-corrected chi connectivity index (χ1v) is 9.46. The molecule has 0 amide bonds. The van der Waals surface area contributed by atoms with Gasteiger partial charge in [0, 0.05) is 34.3 Å². The topological polar surface area (TPSA) is 76.0 Å². The molecule has 22 heavy (non-hydrogen) atoms. The maximum absolute atomic E-state index is 12.1. The van der Waals surface area contributed by atoms with E-state index >= 15 is 0 Å². The van der Waals surface area contributed by atoms with Crippen molar-refractivity contribution < 1.29 is 23.9 Å². The van der Waals surface area contributed by atoms with Crippen LogP contribution < -0.4 is 0 Å². The summed E-state index contributed by atoms with van der Waals surface area (Å²) in [6, 6.07) is 0. The van der Waals surface area contributed by atoms with Crippen LogP contribution in [0.4, 0.5) is 0 Å². The summed E-state index contributed by atoms with van der Waals surface area (Å²) in [5.41, 5.74) is 0. The van der Waals surface area contributed by atoms with Gasteiger partial charge in [0.1, 0.15) is 0 Å². The van der Waals surface area contributed by atoms with Crippen molar-refractivity contribution in [1.82, 2.24) is 0 Å². The van der Waals surface area contributed by atoms with Crippen molar-refractivity contribution in [2.45, 2.75) is 76.6 Å². The molecule has 0 bridgehead atoms. The number of ether oxygens (including phenoxy) is 2. The van der Waals surface area contributed by atoms with Crippen LogP contribution in [0.2, 0.25) is 0 Å². The molecule has 0 saturated carbocycles. The molecule has 2 N–H and O–H groups in total. The molecule has 1 aliphatic heterocycles. The number of rotatable bonds is 8. The van der Waals surface area contributed by atoms with Crippen molar-refractivity contribution in [3.8, 4) is 0 Å². The lowest BCUT2D eigenvalue weighted by atomic mass is 9.91. The van der Waals surface area contributed by atoms with E-state index in [9.17, 15) is 14.4 Å². The van der Waals surface area contributed by atoms with Crippen LogP contribution in [0.1, 0.15) is 53.9 Å². The standard InChI is InChI=1S/C16H32O5S/c1-6-7-16(20-8-9-21-16)10-13(17)12(2)14(18)11-22(19)15(3,4)5/h12-14,17-18H,6-11H2,1-5H3/t12-,13+,14-,22?/m1/s1. The highest BCUT2D eigenvalue weighted by Crippen LogP contribution is 2.32. The summed E-state index contributed by atoms with van der Waals surface area (Å²) in [5.74, 6) is -0.942. The Balaban J connectivity index is 2.59. The summed E-state index contributed by atoms with van der Waals surface area (Å²) in [6.07, 6.45) is 0.395. The Bertz CT molecular complexity index is 360. The lowest BCUT2D eigenvalue weighted by Crippen LogP contribution is -2.42. The Morgan fingerprint density at radius 1 is 1.18 bits per heavy atom. The van der Waals surface area contributed by atoms with Crippen molar-refractivity contribution in [2.24, 2.45) is 5.92 Å². The smallest absolute Gasteiger partial charge is 0.170 e. The van der Waals surface area contributed by atoms with Gasteiger partial charge in [-0.2, -0.15) is 0 Å². The van der Waals surface area contributed by atoms with Crippen LogP contribution in [0.5, 0.6) is 0 Å². The molecule has 1 aliphatic rings. The third kappa shape index (κ3) is 5.57. The van der Waals surface area contributed by atoms with E-state index in [0.29, 0.717) is 19.6 Å². The summed E-state index contributed by atoms with van der Waals surface area (Å²) in [6.45, 7) is 10.6. The Labute approximate surface area is 136 Å². The molecule has 132 valence electrons. The molecule has 1 rings (SSSR count). The van der Waals surface area contributed by atoms with Gasteiger partial charge < -0.3 is 19.7 Å². The van der Waals surface area contributed by atoms with E-state index in [2.05, 4.69) is 0 Å². The second kappa shape index (κ2) is 8.20. The van der Waals surface area contributed by atoms with Crippen LogP contribution in [0.15, 0.2) is 0 Å². The Morgan fingerprint density at radius 2 is 1.73 bits per heavy atom. The third-order valence-corrected chi connectivity index (χ3v) is 6.19. The predicted molar refractivity (Wildman–Crippen MR) is 88.1 cm³/mol. The van der Waals surface area contributed by atoms with E-state index in [4.69, 9.17) is 9.47 Å². The summed E-state index contributed by atoms with van der Waals surface area (Å²) >= 11 is 0. The highest BCUT2D eigenvalue weighted by molar-refractivity contribution is 7.86. The summed E-state index contributed by atoms with van der Waals surface area (Å²) < 4.78 is 23.2. The van der Waals surface area contributed by atoms with Crippen molar-refractivity contribution >= 4 is 10.8 Å². The normalized spacial score (nSPS) is 24.0. The number of aliphatic hydroxyl groups is 2. The molecule has 1 saturated heterocycles. The van der Waals surface area contributed by atoms with Gasteiger partial charge in [-0.15, -0.1) is 0 Å². The number of aliphatic hydroxyl groups excluding tert-OH is 2. The molecular weight excluding hydrogens is 304 g/mol. The van der Waals surface area contributed by atoms with Gasteiger partial charge in [-0.05, 0) is 20.8 Å². The van der Waals surface area contributed by atoms with Gasteiger partial charge in [-0.3, -0.25) is 4.21 Å². The molecular formula is C16H32O5S. The van der Waals surface area contributed by atoms with Crippen molar-refractivity contribution in [3.63, 3.8) is 0 Å². The van der Waals surface area contributed by atoms with Gasteiger partial charge in [0.25, 0.3) is 0 Å². The molecule has 5 nitrogen and oxygen atoms in total. The first-order valence-electron chi connectivity index (χ1n) is 8.14. The Kier molecular flexibility index (Phi) is 7.46. The van der Waals surface area contributed by atoms with Gasteiger partial charge in [-0.1, -0.05) is 20.3 Å². The van der Waals surface area contributed by atoms with E-state index in [1.807, 2.05) is 27.7 Å². The molecule has 0 radical (unpaired) electrons. The fraction of sp³-hybridized carbons (Fsp3) is 1.00. The lowest BCUT2D eigenvalue weighted by Gasteiger charge is -2.33. The van der Waals surface area contributed by atoms with E-state index < -0.39 is 28.8 Å². The number of hydrogen-bond acceptors (Lipinski definition) is 5. The van der Waals surface area contributed by atoms with E-state index in [1.165, 1.54) is 0 Å². The predicted octanol–water partition coefficient (Wildman–Crippen LogP) is 1.82. The van der Waals surface area contributed by atoms with Crippen LogP contribution >= 0.6 is 0 Å².